The first kappa shape index (κ1) is 15.9. The Kier molecular flexibility index (Phi) is 4.96. The normalized spacial score (nSPS) is 11.7. The van der Waals surface area contributed by atoms with Gasteiger partial charge < -0.3 is 5.32 Å². The van der Waals surface area contributed by atoms with Crippen molar-refractivity contribution in [2.24, 2.45) is 0 Å². The fraction of sp³-hybridized carbons (Fsp3) is 0.312. The van der Waals surface area contributed by atoms with E-state index in [1.54, 1.807) is 6.20 Å². The molecule has 2 aromatic rings. The summed E-state index contributed by atoms with van der Waals surface area (Å²) in [5.74, 6) is -0.897. The van der Waals surface area contributed by atoms with Gasteiger partial charge in [0.2, 0.25) is 0 Å². The molecular formula is C16H18F2N2S. The number of nitrogens with one attached hydrogen (secondary N) is 1. The Morgan fingerprint density at radius 3 is 2.52 bits per heavy atom. The highest BCUT2D eigenvalue weighted by Crippen LogP contribution is 2.28. The molecule has 112 valence electrons. The summed E-state index contributed by atoms with van der Waals surface area (Å²) in [6, 6.07) is 7.16. The summed E-state index contributed by atoms with van der Waals surface area (Å²) in [5, 5.41) is 4.01. The molecule has 1 aromatic carbocycles. The van der Waals surface area contributed by atoms with Gasteiger partial charge in [0.05, 0.1) is 4.90 Å². The van der Waals surface area contributed by atoms with Crippen molar-refractivity contribution in [3.05, 3.63) is 53.7 Å². The monoisotopic (exact) mass is 308 g/mol. The molecule has 0 saturated heterocycles. The fourth-order valence-corrected chi connectivity index (χ4v) is 2.42. The van der Waals surface area contributed by atoms with E-state index in [9.17, 15) is 8.78 Å². The van der Waals surface area contributed by atoms with Crippen LogP contribution in [0.5, 0.6) is 0 Å². The van der Waals surface area contributed by atoms with Crippen LogP contribution in [0, 0.1) is 11.6 Å². The van der Waals surface area contributed by atoms with Crippen molar-refractivity contribution >= 4 is 11.8 Å². The maximum Gasteiger partial charge on any atom is 0.137 e. The second-order valence-corrected chi connectivity index (χ2v) is 6.85. The Morgan fingerprint density at radius 1 is 1.14 bits per heavy atom. The van der Waals surface area contributed by atoms with Crippen molar-refractivity contribution in [2.45, 2.75) is 42.8 Å². The van der Waals surface area contributed by atoms with E-state index in [4.69, 9.17) is 0 Å². The number of aromatic nitrogens is 1. The van der Waals surface area contributed by atoms with Gasteiger partial charge in [-0.2, -0.15) is 0 Å². The number of nitrogens with zero attached hydrogens (tertiary/aromatic N) is 1. The zero-order chi connectivity index (χ0) is 15.5. The molecule has 1 aromatic heterocycles. The highest BCUT2D eigenvalue weighted by Gasteiger charge is 2.09. The van der Waals surface area contributed by atoms with Crippen LogP contribution in [0.15, 0.2) is 46.5 Å². The van der Waals surface area contributed by atoms with Crippen LogP contribution in [0.4, 0.5) is 8.78 Å². The van der Waals surface area contributed by atoms with Crippen LogP contribution < -0.4 is 5.32 Å². The minimum absolute atomic E-state index is 0.0398. The Morgan fingerprint density at radius 2 is 1.90 bits per heavy atom. The molecule has 5 heteroatoms. The third-order valence-corrected chi connectivity index (χ3v) is 3.71. The zero-order valence-corrected chi connectivity index (χ0v) is 13.1. The molecule has 0 aliphatic heterocycles. The van der Waals surface area contributed by atoms with Crippen LogP contribution in [0.25, 0.3) is 0 Å². The highest BCUT2D eigenvalue weighted by molar-refractivity contribution is 7.99. The maximum absolute atomic E-state index is 13.6. The van der Waals surface area contributed by atoms with Gasteiger partial charge in [0, 0.05) is 18.3 Å². The predicted octanol–water partition coefficient (Wildman–Crippen LogP) is 4.40. The predicted molar refractivity (Wildman–Crippen MR) is 81.3 cm³/mol. The molecule has 0 fully saturated rings. The number of benzene rings is 1. The Labute approximate surface area is 128 Å². The van der Waals surface area contributed by atoms with E-state index >= 15 is 0 Å². The number of halogens is 2. The molecule has 21 heavy (non-hydrogen) atoms. The summed E-state index contributed by atoms with van der Waals surface area (Å²) in [4.78, 5) is 4.52. The van der Waals surface area contributed by atoms with Gasteiger partial charge in [-0.1, -0.05) is 17.8 Å². The summed E-state index contributed by atoms with van der Waals surface area (Å²) in [6.07, 6.45) is 1.75. The molecule has 1 heterocycles. The molecule has 2 nitrogen and oxygen atoms in total. The van der Waals surface area contributed by atoms with Gasteiger partial charge in [0.1, 0.15) is 16.7 Å². The Bertz CT molecular complexity index is 607. The fourth-order valence-electron chi connectivity index (χ4n) is 1.61. The quantitative estimate of drug-likeness (QED) is 0.906. The van der Waals surface area contributed by atoms with E-state index in [1.807, 2.05) is 12.1 Å². The van der Waals surface area contributed by atoms with E-state index in [-0.39, 0.29) is 10.4 Å². The standard InChI is InChI=1S/C16H18F2N2S/c1-16(2,3)20-10-11-4-7-15(19-9-11)21-14-8-12(17)5-6-13(14)18/h4-9,20H,10H2,1-3H3. The van der Waals surface area contributed by atoms with Crippen LogP contribution in [0.1, 0.15) is 26.3 Å². The van der Waals surface area contributed by atoms with E-state index in [1.165, 1.54) is 6.07 Å². The highest BCUT2D eigenvalue weighted by atomic mass is 32.2. The summed E-state index contributed by atoms with van der Waals surface area (Å²) < 4.78 is 26.7. The van der Waals surface area contributed by atoms with E-state index in [2.05, 4.69) is 31.1 Å². The number of pyridine rings is 1. The van der Waals surface area contributed by atoms with E-state index in [0.29, 0.717) is 5.03 Å². The van der Waals surface area contributed by atoms with Gasteiger partial charge in [-0.05, 0) is 50.6 Å². The van der Waals surface area contributed by atoms with Gasteiger partial charge in [-0.15, -0.1) is 0 Å². The first-order valence-electron chi connectivity index (χ1n) is 6.66. The van der Waals surface area contributed by atoms with Crippen molar-refractivity contribution in [2.75, 3.05) is 0 Å². The lowest BCUT2D eigenvalue weighted by molar-refractivity contribution is 0.424. The topological polar surface area (TPSA) is 24.9 Å². The van der Waals surface area contributed by atoms with Crippen molar-refractivity contribution in [1.29, 1.82) is 0 Å². The molecule has 0 radical (unpaired) electrons. The molecule has 0 unspecified atom stereocenters. The minimum Gasteiger partial charge on any atom is -0.308 e. The average molecular weight is 308 g/mol. The van der Waals surface area contributed by atoms with Crippen LogP contribution in [0.2, 0.25) is 0 Å². The maximum atomic E-state index is 13.6. The van der Waals surface area contributed by atoms with E-state index < -0.39 is 11.6 Å². The Balaban J connectivity index is 2.04. The SMILES string of the molecule is CC(C)(C)NCc1ccc(Sc2cc(F)ccc2F)nc1. The minimum atomic E-state index is -0.454. The van der Waals surface area contributed by atoms with Crippen LogP contribution >= 0.6 is 11.8 Å². The van der Waals surface area contributed by atoms with Crippen LogP contribution in [0.3, 0.4) is 0 Å². The summed E-state index contributed by atoms with van der Waals surface area (Å²) in [5.41, 5.74) is 1.09. The Hall–Kier alpha value is -1.46. The molecule has 0 aliphatic rings. The van der Waals surface area contributed by atoms with Gasteiger partial charge in [0.25, 0.3) is 0 Å². The molecule has 0 aliphatic carbocycles. The largest absolute Gasteiger partial charge is 0.308 e. The molecular weight excluding hydrogens is 290 g/mol. The third-order valence-electron chi connectivity index (χ3n) is 2.73. The molecule has 1 N–H and O–H groups in total. The molecule has 2 rings (SSSR count). The van der Waals surface area contributed by atoms with Gasteiger partial charge >= 0.3 is 0 Å². The van der Waals surface area contributed by atoms with Gasteiger partial charge in [0.15, 0.2) is 0 Å². The molecule has 0 spiro atoms. The summed E-state index contributed by atoms with van der Waals surface area (Å²) >= 11 is 1.11. The van der Waals surface area contributed by atoms with Gasteiger partial charge in [-0.3, -0.25) is 0 Å². The lowest BCUT2D eigenvalue weighted by Crippen LogP contribution is -2.35. The molecule has 0 amide bonds. The third kappa shape index (κ3) is 5.10. The molecule has 0 saturated carbocycles. The number of rotatable bonds is 4. The second-order valence-electron chi connectivity index (χ2n) is 5.79. The number of hydrogen-bond donors (Lipinski definition) is 1. The zero-order valence-electron chi connectivity index (χ0n) is 12.3. The number of hydrogen-bond acceptors (Lipinski definition) is 3. The van der Waals surface area contributed by atoms with Crippen LogP contribution in [-0.4, -0.2) is 10.5 Å². The lowest BCUT2D eigenvalue weighted by Gasteiger charge is -2.20. The van der Waals surface area contributed by atoms with Crippen molar-refractivity contribution in [3.8, 4) is 0 Å². The lowest BCUT2D eigenvalue weighted by atomic mass is 10.1. The second kappa shape index (κ2) is 6.54. The summed E-state index contributed by atoms with van der Waals surface area (Å²) in [6.45, 7) is 7.00. The summed E-state index contributed by atoms with van der Waals surface area (Å²) in [7, 11) is 0. The van der Waals surface area contributed by atoms with Gasteiger partial charge in [-0.25, -0.2) is 13.8 Å². The first-order valence-corrected chi connectivity index (χ1v) is 7.48. The molecule has 0 bridgehead atoms. The smallest absolute Gasteiger partial charge is 0.137 e. The van der Waals surface area contributed by atoms with Crippen molar-refractivity contribution < 1.29 is 8.78 Å². The van der Waals surface area contributed by atoms with E-state index in [0.717, 1.165) is 36.0 Å². The average Bonchev–Trinajstić information content (AvgIpc) is 2.41. The molecule has 0 atom stereocenters. The van der Waals surface area contributed by atoms with Crippen molar-refractivity contribution in [1.82, 2.24) is 10.3 Å². The van der Waals surface area contributed by atoms with Crippen LogP contribution in [-0.2, 0) is 6.54 Å². The van der Waals surface area contributed by atoms with Crippen molar-refractivity contribution in [3.63, 3.8) is 0 Å². The first-order chi connectivity index (χ1) is 9.83.